The summed E-state index contributed by atoms with van der Waals surface area (Å²) in [5.74, 6) is 0.159. The molecule has 1 aliphatic carbocycles. The Kier molecular flexibility index (Phi) is 6.31. The second kappa shape index (κ2) is 7.28. The summed E-state index contributed by atoms with van der Waals surface area (Å²) in [5, 5.41) is 8.69. The summed E-state index contributed by atoms with van der Waals surface area (Å²) in [7, 11) is 2.16. The molecule has 0 saturated heterocycles. The van der Waals surface area contributed by atoms with E-state index in [0.29, 0.717) is 17.9 Å². The monoisotopic (exact) mass is 269 g/mol. The van der Waals surface area contributed by atoms with Crippen molar-refractivity contribution in [2.24, 2.45) is 11.3 Å². The number of hydrogen-bond donors (Lipinski definition) is 1. The van der Waals surface area contributed by atoms with Crippen LogP contribution in [0.1, 0.15) is 65.7 Å². The Balaban J connectivity index is 2.37. The van der Waals surface area contributed by atoms with Crippen LogP contribution in [0.3, 0.4) is 0 Å². The summed E-state index contributed by atoms with van der Waals surface area (Å²) in [4.78, 5) is 12.9. The number of aliphatic carboxylic acids is 1. The molecular weight excluding hydrogens is 238 g/mol. The SMILES string of the molecule is CN(CCCC(=O)O)C1CCCC(C(C)(C)C)CC1. The Morgan fingerprint density at radius 3 is 2.47 bits per heavy atom. The van der Waals surface area contributed by atoms with Gasteiger partial charge in [0.25, 0.3) is 0 Å². The fraction of sp³-hybridized carbons (Fsp3) is 0.938. The minimum atomic E-state index is -0.679. The Morgan fingerprint density at radius 1 is 1.21 bits per heavy atom. The van der Waals surface area contributed by atoms with E-state index in [0.717, 1.165) is 18.9 Å². The summed E-state index contributed by atoms with van der Waals surface area (Å²) in [6, 6.07) is 0.654. The predicted molar refractivity (Wildman–Crippen MR) is 79.3 cm³/mol. The number of carboxylic acid groups (broad SMARTS) is 1. The van der Waals surface area contributed by atoms with Crippen molar-refractivity contribution < 1.29 is 9.90 Å². The molecule has 0 heterocycles. The molecule has 0 radical (unpaired) electrons. The minimum Gasteiger partial charge on any atom is -0.481 e. The van der Waals surface area contributed by atoms with E-state index in [1.54, 1.807) is 0 Å². The third-order valence-electron chi connectivity index (χ3n) is 4.69. The zero-order valence-electron chi connectivity index (χ0n) is 13.1. The molecule has 0 amide bonds. The Morgan fingerprint density at radius 2 is 1.89 bits per heavy atom. The quantitative estimate of drug-likeness (QED) is 0.772. The largest absolute Gasteiger partial charge is 0.481 e. The maximum absolute atomic E-state index is 10.5. The molecule has 0 aliphatic heterocycles. The van der Waals surface area contributed by atoms with Crippen molar-refractivity contribution in [3.8, 4) is 0 Å². The van der Waals surface area contributed by atoms with Gasteiger partial charge in [-0.05, 0) is 57.0 Å². The van der Waals surface area contributed by atoms with Crippen molar-refractivity contribution in [2.45, 2.75) is 71.8 Å². The first kappa shape index (κ1) is 16.5. The molecule has 0 aromatic carbocycles. The van der Waals surface area contributed by atoms with Crippen LogP contribution in [0.15, 0.2) is 0 Å². The fourth-order valence-corrected chi connectivity index (χ4v) is 3.25. The Labute approximate surface area is 118 Å². The topological polar surface area (TPSA) is 40.5 Å². The van der Waals surface area contributed by atoms with E-state index in [1.807, 2.05) is 0 Å². The van der Waals surface area contributed by atoms with Gasteiger partial charge in [-0.3, -0.25) is 4.79 Å². The van der Waals surface area contributed by atoms with Gasteiger partial charge in [0, 0.05) is 12.5 Å². The molecule has 1 saturated carbocycles. The molecule has 1 rings (SSSR count). The van der Waals surface area contributed by atoms with Crippen molar-refractivity contribution in [3.05, 3.63) is 0 Å². The third kappa shape index (κ3) is 5.94. The molecule has 2 atom stereocenters. The summed E-state index contributed by atoms with van der Waals surface area (Å²) in [6.07, 6.45) is 7.59. The molecule has 0 aromatic rings. The fourth-order valence-electron chi connectivity index (χ4n) is 3.25. The number of carboxylic acids is 1. The second-order valence-corrected chi connectivity index (χ2v) is 7.20. The lowest BCUT2D eigenvalue weighted by atomic mass is 9.76. The van der Waals surface area contributed by atoms with Gasteiger partial charge in [0.15, 0.2) is 0 Å². The minimum absolute atomic E-state index is 0.293. The molecule has 19 heavy (non-hydrogen) atoms. The molecule has 0 aromatic heterocycles. The average Bonchev–Trinajstić information content (AvgIpc) is 2.52. The maximum Gasteiger partial charge on any atom is 0.303 e. The van der Waals surface area contributed by atoms with Crippen LogP contribution in [0.4, 0.5) is 0 Å². The number of hydrogen-bond acceptors (Lipinski definition) is 2. The molecular formula is C16H31NO2. The van der Waals surface area contributed by atoms with Crippen LogP contribution in [-0.2, 0) is 4.79 Å². The van der Waals surface area contributed by atoms with Gasteiger partial charge >= 0.3 is 5.97 Å². The van der Waals surface area contributed by atoms with Crippen molar-refractivity contribution >= 4 is 5.97 Å². The second-order valence-electron chi connectivity index (χ2n) is 7.20. The van der Waals surface area contributed by atoms with Crippen molar-refractivity contribution in [2.75, 3.05) is 13.6 Å². The highest BCUT2D eigenvalue weighted by molar-refractivity contribution is 5.66. The van der Waals surface area contributed by atoms with Crippen molar-refractivity contribution in [1.82, 2.24) is 4.90 Å². The standard InChI is InChI=1S/C16H31NO2/c1-16(2,3)13-7-5-8-14(11-10-13)17(4)12-6-9-15(18)19/h13-14H,5-12H2,1-4H3,(H,18,19). The first-order chi connectivity index (χ1) is 8.80. The average molecular weight is 269 g/mol. The third-order valence-corrected chi connectivity index (χ3v) is 4.69. The van der Waals surface area contributed by atoms with Gasteiger partial charge in [0.2, 0.25) is 0 Å². The number of nitrogens with zero attached hydrogens (tertiary/aromatic N) is 1. The summed E-state index contributed by atoms with van der Waals surface area (Å²) >= 11 is 0. The molecule has 2 unspecified atom stereocenters. The molecule has 3 heteroatoms. The van der Waals surface area contributed by atoms with E-state index in [2.05, 4.69) is 32.7 Å². The molecule has 1 fully saturated rings. The van der Waals surface area contributed by atoms with Gasteiger partial charge in [-0.15, -0.1) is 0 Å². The van der Waals surface area contributed by atoms with Crippen LogP contribution in [0.2, 0.25) is 0 Å². The van der Waals surface area contributed by atoms with E-state index in [1.165, 1.54) is 32.1 Å². The van der Waals surface area contributed by atoms with Gasteiger partial charge in [-0.1, -0.05) is 27.2 Å². The van der Waals surface area contributed by atoms with Crippen LogP contribution >= 0.6 is 0 Å². The highest BCUT2D eigenvalue weighted by Gasteiger charge is 2.28. The van der Waals surface area contributed by atoms with Gasteiger partial charge in [-0.25, -0.2) is 0 Å². The van der Waals surface area contributed by atoms with Gasteiger partial charge in [0.1, 0.15) is 0 Å². The Hall–Kier alpha value is -0.570. The van der Waals surface area contributed by atoms with E-state index < -0.39 is 5.97 Å². The van der Waals surface area contributed by atoms with Crippen LogP contribution < -0.4 is 0 Å². The highest BCUT2D eigenvalue weighted by atomic mass is 16.4. The van der Waals surface area contributed by atoms with E-state index in [9.17, 15) is 4.79 Å². The first-order valence-electron chi connectivity index (χ1n) is 7.72. The zero-order chi connectivity index (χ0) is 14.5. The van der Waals surface area contributed by atoms with Crippen LogP contribution in [-0.4, -0.2) is 35.6 Å². The van der Waals surface area contributed by atoms with Crippen LogP contribution in [0.25, 0.3) is 0 Å². The highest BCUT2D eigenvalue weighted by Crippen LogP contribution is 2.37. The van der Waals surface area contributed by atoms with Gasteiger partial charge in [0.05, 0.1) is 0 Å². The van der Waals surface area contributed by atoms with E-state index >= 15 is 0 Å². The zero-order valence-corrected chi connectivity index (χ0v) is 13.1. The van der Waals surface area contributed by atoms with E-state index in [4.69, 9.17) is 5.11 Å². The molecule has 1 aliphatic rings. The smallest absolute Gasteiger partial charge is 0.303 e. The number of rotatable bonds is 5. The predicted octanol–water partition coefficient (Wildman–Crippen LogP) is 3.78. The van der Waals surface area contributed by atoms with Gasteiger partial charge < -0.3 is 10.0 Å². The molecule has 3 nitrogen and oxygen atoms in total. The molecule has 0 bridgehead atoms. The van der Waals surface area contributed by atoms with Gasteiger partial charge in [-0.2, -0.15) is 0 Å². The molecule has 0 spiro atoms. The molecule has 112 valence electrons. The van der Waals surface area contributed by atoms with Crippen LogP contribution in [0, 0.1) is 11.3 Å². The number of carbonyl (C=O) groups is 1. The molecule has 1 N–H and O–H groups in total. The lowest BCUT2D eigenvalue weighted by molar-refractivity contribution is -0.137. The maximum atomic E-state index is 10.5. The summed E-state index contributed by atoms with van der Waals surface area (Å²) in [6.45, 7) is 7.98. The lowest BCUT2D eigenvalue weighted by Crippen LogP contribution is -2.32. The normalized spacial score (nSPS) is 25.3. The Bertz CT molecular complexity index is 283. The summed E-state index contributed by atoms with van der Waals surface area (Å²) in [5.41, 5.74) is 0.427. The van der Waals surface area contributed by atoms with Crippen molar-refractivity contribution in [1.29, 1.82) is 0 Å². The van der Waals surface area contributed by atoms with Crippen molar-refractivity contribution in [3.63, 3.8) is 0 Å². The lowest BCUT2D eigenvalue weighted by Gasteiger charge is -2.30. The summed E-state index contributed by atoms with van der Waals surface area (Å²) < 4.78 is 0. The first-order valence-corrected chi connectivity index (χ1v) is 7.72. The van der Waals surface area contributed by atoms with E-state index in [-0.39, 0.29) is 0 Å². The van der Waals surface area contributed by atoms with Crippen LogP contribution in [0.5, 0.6) is 0 Å².